The SMILES string of the molecule is Cc1cccc2c1C(=O)N(c1ccnc(Cl)c1)C2=O. The van der Waals surface area contributed by atoms with E-state index >= 15 is 0 Å². The van der Waals surface area contributed by atoms with Crippen LogP contribution in [0.25, 0.3) is 0 Å². The number of benzene rings is 1. The largest absolute Gasteiger partial charge is 0.268 e. The van der Waals surface area contributed by atoms with Crippen molar-refractivity contribution >= 4 is 29.1 Å². The monoisotopic (exact) mass is 272 g/mol. The first-order valence-electron chi connectivity index (χ1n) is 5.69. The lowest BCUT2D eigenvalue weighted by Gasteiger charge is -2.13. The second kappa shape index (κ2) is 4.17. The quantitative estimate of drug-likeness (QED) is 0.592. The maximum absolute atomic E-state index is 12.4. The van der Waals surface area contributed by atoms with Crippen molar-refractivity contribution in [2.45, 2.75) is 6.92 Å². The van der Waals surface area contributed by atoms with Crippen LogP contribution < -0.4 is 4.90 Å². The molecule has 94 valence electrons. The van der Waals surface area contributed by atoms with Gasteiger partial charge in [-0.05, 0) is 30.7 Å². The van der Waals surface area contributed by atoms with Gasteiger partial charge in [-0.3, -0.25) is 9.59 Å². The number of aromatic nitrogens is 1. The van der Waals surface area contributed by atoms with Crippen LogP contribution >= 0.6 is 11.6 Å². The summed E-state index contributed by atoms with van der Waals surface area (Å²) in [4.78, 5) is 29.7. The summed E-state index contributed by atoms with van der Waals surface area (Å²) in [6, 6.07) is 8.32. The topological polar surface area (TPSA) is 50.3 Å². The van der Waals surface area contributed by atoms with Gasteiger partial charge in [0.1, 0.15) is 5.15 Å². The minimum absolute atomic E-state index is 0.241. The van der Waals surface area contributed by atoms with Gasteiger partial charge in [-0.2, -0.15) is 0 Å². The smallest absolute Gasteiger partial charge is 0.266 e. The third-order valence-corrected chi connectivity index (χ3v) is 3.30. The van der Waals surface area contributed by atoms with E-state index in [0.29, 0.717) is 16.8 Å². The molecule has 1 aromatic carbocycles. The van der Waals surface area contributed by atoms with E-state index in [1.54, 1.807) is 18.2 Å². The number of anilines is 1. The van der Waals surface area contributed by atoms with Crippen LogP contribution in [0.2, 0.25) is 5.15 Å². The number of halogens is 1. The van der Waals surface area contributed by atoms with Gasteiger partial charge in [0.25, 0.3) is 11.8 Å². The Morgan fingerprint density at radius 1 is 1.16 bits per heavy atom. The lowest BCUT2D eigenvalue weighted by atomic mass is 10.0. The number of carbonyl (C=O) groups is 2. The number of nitrogens with zero attached hydrogens (tertiary/aromatic N) is 2. The van der Waals surface area contributed by atoms with Gasteiger partial charge >= 0.3 is 0 Å². The molecule has 3 rings (SSSR count). The number of carbonyl (C=O) groups excluding carboxylic acids is 2. The normalized spacial score (nSPS) is 13.9. The molecule has 5 heteroatoms. The summed E-state index contributed by atoms with van der Waals surface area (Å²) < 4.78 is 0. The molecule has 1 aromatic heterocycles. The Bertz CT molecular complexity index is 712. The van der Waals surface area contributed by atoms with Gasteiger partial charge in [0.05, 0.1) is 16.8 Å². The number of imide groups is 1. The van der Waals surface area contributed by atoms with Crippen LogP contribution in [-0.4, -0.2) is 16.8 Å². The average Bonchev–Trinajstić information content (AvgIpc) is 2.63. The van der Waals surface area contributed by atoms with Crippen LogP contribution in [-0.2, 0) is 0 Å². The predicted molar refractivity (Wildman–Crippen MR) is 71.6 cm³/mol. The lowest BCUT2D eigenvalue weighted by molar-refractivity contribution is 0.0926. The van der Waals surface area contributed by atoms with Gasteiger partial charge in [-0.1, -0.05) is 23.7 Å². The summed E-state index contributed by atoms with van der Waals surface area (Å²) in [5, 5.41) is 0.241. The lowest BCUT2D eigenvalue weighted by Crippen LogP contribution is -2.29. The molecule has 0 fully saturated rings. The van der Waals surface area contributed by atoms with E-state index in [0.717, 1.165) is 10.5 Å². The first kappa shape index (κ1) is 11.9. The fourth-order valence-corrected chi connectivity index (χ4v) is 2.39. The van der Waals surface area contributed by atoms with E-state index in [-0.39, 0.29) is 17.0 Å². The van der Waals surface area contributed by atoms with Crippen molar-refractivity contribution in [1.82, 2.24) is 4.98 Å². The van der Waals surface area contributed by atoms with E-state index in [9.17, 15) is 9.59 Å². The maximum atomic E-state index is 12.4. The van der Waals surface area contributed by atoms with Crippen LogP contribution in [0.15, 0.2) is 36.5 Å². The van der Waals surface area contributed by atoms with Gasteiger partial charge in [0.15, 0.2) is 0 Å². The third-order valence-electron chi connectivity index (χ3n) is 3.09. The van der Waals surface area contributed by atoms with Gasteiger partial charge in [-0.15, -0.1) is 0 Å². The molecular weight excluding hydrogens is 264 g/mol. The zero-order chi connectivity index (χ0) is 13.6. The third kappa shape index (κ3) is 1.72. The molecule has 2 amide bonds. The molecule has 0 saturated carbocycles. The van der Waals surface area contributed by atoms with Crippen molar-refractivity contribution in [2.75, 3.05) is 4.90 Å². The number of amides is 2. The van der Waals surface area contributed by atoms with E-state index < -0.39 is 0 Å². The average molecular weight is 273 g/mol. The minimum Gasteiger partial charge on any atom is -0.268 e. The molecule has 0 bridgehead atoms. The summed E-state index contributed by atoms with van der Waals surface area (Å²) in [5.74, 6) is -0.647. The highest BCUT2D eigenvalue weighted by atomic mass is 35.5. The summed E-state index contributed by atoms with van der Waals surface area (Å²) in [5.41, 5.74) is 2.11. The molecule has 0 unspecified atom stereocenters. The standard InChI is InChI=1S/C14H9ClN2O2/c1-8-3-2-4-10-12(8)14(19)17(13(10)18)9-5-6-16-11(15)7-9/h2-7H,1H3. The number of aryl methyl sites for hydroxylation is 1. The highest BCUT2D eigenvalue weighted by Gasteiger charge is 2.37. The van der Waals surface area contributed by atoms with E-state index in [1.165, 1.54) is 12.3 Å². The van der Waals surface area contributed by atoms with Gasteiger partial charge in [0, 0.05) is 6.20 Å². The molecular formula is C14H9ClN2O2. The highest BCUT2D eigenvalue weighted by molar-refractivity contribution is 6.35. The first-order valence-corrected chi connectivity index (χ1v) is 6.07. The van der Waals surface area contributed by atoms with E-state index in [4.69, 9.17) is 11.6 Å². The molecule has 0 aliphatic carbocycles. The fraction of sp³-hybridized carbons (Fsp3) is 0.0714. The minimum atomic E-state index is -0.328. The molecule has 0 N–H and O–H groups in total. The van der Waals surface area contributed by atoms with Crippen LogP contribution in [0.1, 0.15) is 26.3 Å². The van der Waals surface area contributed by atoms with Crippen LogP contribution in [0.5, 0.6) is 0 Å². The zero-order valence-electron chi connectivity index (χ0n) is 10.1. The van der Waals surface area contributed by atoms with Gasteiger partial charge < -0.3 is 0 Å². The van der Waals surface area contributed by atoms with Crippen molar-refractivity contribution in [2.24, 2.45) is 0 Å². The van der Waals surface area contributed by atoms with Crippen LogP contribution in [0.3, 0.4) is 0 Å². The number of pyridine rings is 1. The summed E-state index contributed by atoms with van der Waals surface area (Å²) >= 11 is 5.80. The molecule has 19 heavy (non-hydrogen) atoms. The van der Waals surface area contributed by atoms with Crippen LogP contribution in [0.4, 0.5) is 5.69 Å². The molecule has 0 spiro atoms. The van der Waals surface area contributed by atoms with Crippen molar-refractivity contribution < 1.29 is 9.59 Å². The Balaban J connectivity index is 2.16. The Morgan fingerprint density at radius 3 is 2.63 bits per heavy atom. The van der Waals surface area contributed by atoms with Crippen molar-refractivity contribution in [3.63, 3.8) is 0 Å². The molecule has 2 aromatic rings. The Labute approximate surface area is 114 Å². The number of fused-ring (bicyclic) bond motifs is 1. The fourth-order valence-electron chi connectivity index (χ4n) is 2.22. The molecule has 4 nitrogen and oxygen atoms in total. The predicted octanol–water partition coefficient (Wildman–Crippen LogP) is 2.84. The summed E-state index contributed by atoms with van der Waals surface area (Å²) in [7, 11) is 0. The van der Waals surface area contributed by atoms with Crippen molar-refractivity contribution in [3.8, 4) is 0 Å². The van der Waals surface area contributed by atoms with Gasteiger partial charge in [-0.25, -0.2) is 9.88 Å². The summed E-state index contributed by atoms with van der Waals surface area (Å²) in [6.07, 6.45) is 1.47. The molecule has 1 aliphatic rings. The Hall–Kier alpha value is -2.20. The van der Waals surface area contributed by atoms with Crippen molar-refractivity contribution in [3.05, 3.63) is 58.4 Å². The second-order valence-corrected chi connectivity index (χ2v) is 4.67. The first-order chi connectivity index (χ1) is 9.09. The molecule has 1 aliphatic heterocycles. The number of hydrogen-bond donors (Lipinski definition) is 0. The highest BCUT2D eigenvalue weighted by Crippen LogP contribution is 2.30. The van der Waals surface area contributed by atoms with Crippen molar-refractivity contribution in [1.29, 1.82) is 0 Å². The molecule has 2 heterocycles. The van der Waals surface area contributed by atoms with E-state index in [2.05, 4.69) is 4.98 Å². The molecule has 0 saturated heterocycles. The molecule has 0 radical (unpaired) electrons. The number of hydrogen-bond acceptors (Lipinski definition) is 3. The Kier molecular flexibility index (Phi) is 2.61. The number of rotatable bonds is 1. The zero-order valence-corrected chi connectivity index (χ0v) is 10.8. The van der Waals surface area contributed by atoms with Gasteiger partial charge in [0.2, 0.25) is 0 Å². The van der Waals surface area contributed by atoms with Crippen LogP contribution in [0, 0.1) is 6.92 Å². The van der Waals surface area contributed by atoms with E-state index in [1.807, 2.05) is 13.0 Å². The molecule has 0 atom stereocenters. The second-order valence-electron chi connectivity index (χ2n) is 4.28. The Morgan fingerprint density at radius 2 is 1.95 bits per heavy atom. The maximum Gasteiger partial charge on any atom is 0.266 e. The summed E-state index contributed by atoms with van der Waals surface area (Å²) in [6.45, 7) is 1.81.